The highest BCUT2D eigenvalue weighted by Crippen LogP contribution is 2.29. The van der Waals surface area contributed by atoms with Crippen LogP contribution in [0, 0.1) is 17.6 Å². The Morgan fingerprint density at radius 1 is 0.923 bits per heavy atom. The number of halogens is 2. The van der Waals surface area contributed by atoms with E-state index in [4.69, 9.17) is 0 Å². The highest BCUT2D eigenvalue weighted by Gasteiger charge is 2.19. The van der Waals surface area contributed by atoms with Gasteiger partial charge in [-0.2, -0.15) is 0 Å². The van der Waals surface area contributed by atoms with Gasteiger partial charge in [0.1, 0.15) is 11.6 Å². The van der Waals surface area contributed by atoms with Gasteiger partial charge in [0.25, 0.3) is 0 Å². The lowest BCUT2D eigenvalue weighted by molar-refractivity contribution is 0.422. The lowest BCUT2D eigenvalue weighted by Crippen LogP contribution is -2.15. The molecule has 0 radical (unpaired) electrons. The normalized spacial score (nSPS) is 16.5. The lowest BCUT2D eigenvalue weighted by Gasteiger charge is -2.24. The number of unbranched alkanes of at least 4 members (excludes halogenated alkanes) is 3. The molecule has 2 aromatic rings. The summed E-state index contributed by atoms with van der Waals surface area (Å²) in [6, 6.07) is 10.9. The summed E-state index contributed by atoms with van der Waals surface area (Å²) in [5.41, 5.74) is 4.36. The van der Waals surface area contributed by atoms with Gasteiger partial charge in [-0.3, -0.25) is 0 Å². The summed E-state index contributed by atoms with van der Waals surface area (Å²) in [6.45, 7) is 2.20. The van der Waals surface area contributed by atoms with Crippen LogP contribution in [0.2, 0.25) is 0 Å². The number of hydrogen-bond acceptors (Lipinski definition) is 0. The molecule has 1 aliphatic rings. The maximum atomic E-state index is 14.4. The Labute approximate surface area is 156 Å². The molecule has 0 spiro atoms. The Bertz CT molecular complexity index is 720. The second kappa shape index (κ2) is 9.30. The zero-order chi connectivity index (χ0) is 18.4. The van der Waals surface area contributed by atoms with Crippen LogP contribution in [0.3, 0.4) is 0 Å². The van der Waals surface area contributed by atoms with Crippen molar-refractivity contribution < 1.29 is 8.78 Å². The van der Waals surface area contributed by atoms with Gasteiger partial charge < -0.3 is 0 Å². The standard InChI is InChI=1S/C24H30F2/c1-2-3-4-5-6-18-8-11-21(24(26)16-18)12-9-19-7-10-20-13-14-23(25)17-22(20)15-19/h8,11,13-14,16-17,19H,2-7,9-10,12,15H2,1H3. The first-order valence-corrected chi connectivity index (χ1v) is 10.2. The zero-order valence-electron chi connectivity index (χ0n) is 15.9. The first-order valence-electron chi connectivity index (χ1n) is 10.2. The van der Waals surface area contributed by atoms with E-state index in [1.54, 1.807) is 18.2 Å². The lowest BCUT2D eigenvalue weighted by atomic mass is 9.81. The molecule has 0 bridgehead atoms. The van der Waals surface area contributed by atoms with Gasteiger partial charge in [-0.1, -0.05) is 44.4 Å². The van der Waals surface area contributed by atoms with Gasteiger partial charge in [0.2, 0.25) is 0 Å². The van der Waals surface area contributed by atoms with Crippen molar-refractivity contribution in [1.29, 1.82) is 0 Å². The molecule has 26 heavy (non-hydrogen) atoms. The van der Waals surface area contributed by atoms with Crippen molar-refractivity contribution in [1.82, 2.24) is 0 Å². The Morgan fingerprint density at radius 3 is 2.62 bits per heavy atom. The number of hydrogen-bond donors (Lipinski definition) is 0. The molecule has 1 unspecified atom stereocenters. The van der Waals surface area contributed by atoms with Crippen LogP contribution in [0.1, 0.15) is 67.7 Å². The second-order valence-electron chi connectivity index (χ2n) is 7.80. The molecule has 0 saturated heterocycles. The van der Waals surface area contributed by atoms with E-state index in [1.807, 2.05) is 12.1 Å². The van der Waals surface area contributed by atoms with Gasteiger partial charge >= 0.3 is 0 Å². The zero-order valence-corrected chi connectivity index (χ0v) is 15.9. The molecule has 3 rings (SSSR count). The van der Waals surface area contributed by atoms with E-state index in [0.717, 1.165) is 61.6 Å². The minimum Gasteiger partial charge on any atom is -0.207 e. The van der Waals surface area contributed by atoms with Crippen molar-refractivity contribution >= 4 is 0 Å². The van der Waals surface area contributed by atoms with Gasteiger partial charge in [0, 0.05) is 0 Å². The average molecular weight is 357 g/mol. The van der Waals surface area contributed by atoms with Gasteiger partial charge in [0.15, 0.2) is 0 Å². The fourth-order valence-corrected chi connectivity index (χ4v) is 4.11. The van der Waals surface area contributed by atoms with Gasteiger partial charge in [-0.25, -0.2) is 8.78 Å². The Hall–Kier alpha value is -1.70. The van der Waals surface area contributed by atoms with Crippen molar-refractivity contribution in [2.45, 2.75) is 71.1 Å². The van der Waals surface area contributed by atoms with Crippen molar-refractivity contribution in [3.8, 4) is 0 Å². The fraction of sp³-hybridized carbons (Fsp3) is 0.500. The van der Waals surface area contributed by atoms with Crippen LogP contribution in [0.4, 0.5) is 8.78 Å². The molecule has 0 N–H and O–H groups in total. The molecule has 1 aliphatic carbocycles. The maximum absolute atomic E-state index is 14.4. The summed E-state index contributed by atoms with van der Waals surface area (Å²) in [4.78, 5) is 0. The third-order valence-corrected chi connectivity index (χ3v) is 5.76. The van der Waals surface area contributed by atoms with Crippen molar-refractivity contribution in [3.05, 3.63) is 70.3 Å². The van der Waals surface area contributed by atoms with E-state index in [9.17, 15) is 8.78 Å². The molecule has 2 aromatic carbocycles. The van der Waals surface area contributed by atoms with E-state index < -0.39 is 0 Å². The largest absolute Gasteiger partial charge is 0.207 e. The third-order valence-electron chi connectivity index (χ3n) is 5.76. The minimum absolute atomic E-state index is 0.0553. The minimum atomic E-state index is -0.148. The Kier molecular flexibility index (Phi) is 6.82. The van der Waals surface area contributed by atoms with Crippen LogP contribution in [-0.4, -0.2) is 0 Å². The van der Waals surface area contributed by atoms with Crippen LogP contribution in [-0.2, 0) is 25.7 Å². The summed E-state index contributed by atoms with van der Waals surface area (Å²) in [6.07, 6.45) is 10.6. The van der Waals surface area contributed by atoms with Gasteiger partial charge in [-0.05, 0) is 91.3 Å². The molecule has 140 valence electrons. The average Bonchev–Trinajstić information content (AvgIpc) is 2.64. The molecule has 0 saturated carbocycles. The molecule has 0 aromatic heterocycles. The Balaban J connectivity index is 1.52. The molecule has 0 amide bonds. The van der Waals surface area contributed by atoms with E-state index in [1.165, 1.54) is 24.8 Å². The summed E-state index contributed by atoms with van der Waals surface area (Å²) < 4.78 is 27.9. The van der Waals surface area contributed by atoms with Crippen LogP contribution < -0.4 is 0 Å². The van der Waals surface area contributed by atoms with Crippen LogP contribution in [0.15, 0.2) is 36.4 Å². The summed E-state index contributed by atoms with van der Waals surface area (Å²) in [7, 11) is 0. The van der Waals surface area contributed by atoms with Crippen LogP contribution in [0.5, 0.6) is 0 Å². The number of rotatable bonds is 8. The van der Waals surface area contributed by atoms with Crippen molar-refractivity contribution in [2.75, 3.05) is 0 Å². The monoisotopic (exact) mass is 356 g/mol. The fourth-order valence-electron chi connectivity index (χ4n) is 4.11. The van der Waals surface area contributed by atoms with Gasteiger partial charge in [-0.15, -0.1) is 0 Å². The summed E-state index contributed by atoms with van der Waals surface area (Å²) in [5, 5.41) is 0. The molecule has 0 heterocycles. The van der Waals surface area contributed by atoms with E-state index in [0.29, 0.717) is 5.92 Å². The summed E-state index contributed by atoms with van der Waals surface area (Å²) >= 11 is 0. The number of aryl methyl sites for hydroxylation is 3. The second-order valence-corrected chi connectivity index (χ2v) is 7.80. The summed E-state index contributed by atoms with van der Waals surface area (Å²) in [5.74, 6) is 0.322. The van der Waals surface area contributed by atoms with Gasteiger partial charge in [0.05, 0.1) is 0 Å². The molecule has 0 fully saturated rings. The molecular weight excluding hydrogens is 326 g/mol. The predicted molar refractivity (Wildman–Crippen MR) is 104 cm³/mol. The quantitative estimate of drug-likeness (QED) is 0.455. The molecule has 1 atom stereocenters. The SMILES string of the molecule is CCCCCCc1ccc(CCC2CCc3ccc(F)cc3C2)c(F)c1. The topological polar surface area (TPSA) is 0 Å². The third kappa shape index (κ3) is 5.16. The number of fused-ring (bicyclic) bond motifs is 1. The van der Waals surface area contributed by atoms with Crippen LogP contribution >= 0.6 is 0 Å². The molecule has 2 heteroatoms. The molecular formula is C24H30F2. The molecule has 0 nitrogen and oxygen atoms in total. The van der Waals surface area contributed by atoms with E-state index in [2.05, 4.69) is 13.0 Å². The first kappa shape index (κ1) is 19.1. The maximum Gasteiger partial charge on any atom is 0.126 e. The number of benzene rings is 2. The predicted octanol–water partition coefficient (Wildman–Crippen LogP) is 6.83. The first-order chi connectivity index (χ1) is 12.7. The Morgan fingerprint density at radius 2 is 1.81 bits per heavy atom. The smallest absolute Gasteiger partial charge is 0.126 e. The van der Waals surface area contributed by atoms with E-state index in [-0.39, 0.29) is 11.6 Å². The highest BCUT2D eigenvalue weighted by atomic mass is 19.1. The van der Waals surface area contributed by atoms with Crippen molar-refractivity contribution in [2.24, 2.45) is 5.92 Å². The molecule has 0 aliphatic heterocycles. The highest BCUT2D eigenvalue weighted by molar-refractivity contribution is 5.31. The van der Waals surface area contributed by atoms with Crippen molar-refractivity contribution in [3.63, 3.8) is 0 Å². The van der Waals surface area contributed by atoms with E-state index >= 15 is 0 Å². The van der Waals surface area contributed by atoms with Crippen LogP contribution in [0.25, 0.3) is 0 Å².